The summed E-state index contributed by atoms with van der Waals surface area (Å²) in [6.07, 6.45) is 10.2. The first kappa shape index (κ1) is 27.3. The molecular formula is C27H39N5O4S. The number of nitrogens with zero attached hydrogens (tertiary/aromatic N) is 3. The summed E-state index contributed by atoms with van der Waals surface area (Å²) in [4.78, 5) is 23.7. The highest BCUT2D eigenvalue weighted by atomic mass is 32.2. The molecule has 2 aromatic rings. The van der Waals surface area contributed by atoms with E-state index in [4.69, 9.17) is 4.74 Å². The fraction of sp³-hybridized carbons (Fsp3) is 0.593. The minimum absolute atomic E-state index is 0.0113. The molecule has 2 amide bonds. The van der Waals surface area contributed by atoms with Crippen molar-refractivity contribution < 1.29 is 18.3 Å². The number of piperidine rings is 1. The van der Waals surface area contributed by atoms with Crippen molar-refractivity contribution >= 4 is 23.2 Å². The third-order valence-electron chi connectivity index (χ3n) is 7.36. The van der Waals surface area contributed by atoms with Crippen LogP contribution in [0.15, 0.2) is 24.3 Å². The second kappa shape index (κ2) is 13.2. The molecule has 3 N–H and O–H groups in total. The van der Waals surface area contributed by atoms with E-state index < -0.39 is 11.3 Å². The van der Waals surface area contributed by atoms with Crippen LogP contribution in [0.5, 0.6) is 5.88 Å². The molecule has 2 aliphatic rings. The third kappa shape index (κ3) is 7.88. The maximum Gasteiger partial charge on any atom is 0.317 e. The Hall–Kier alpha value is -2.72. The van der Waals surface area contributed by atoms with Gasteiger partial charge in [0.2, 0.25) is 11.8 Å². The topological polar surface area (TPSA) is 117 Å². The van der Waals surface area contributed by atoms with Crippen LogP contribution < -0.4 is 14.8 Å². The Bertz CT molecular complexity index is 1070. The van der Waals surface area contributed by atoms with Crippen LogP contribution in [0.25, 0.3) is 11.3 Å². The van der Waals surface area contributed by atoms with E-state index in [1.165, 1.54) is 38.5 Å². The lowest BCUT2D eigenvalue weighted by atomic mass is 9.85. The lowest BCUT2D eigenvalue weighted by Crippen LogP contribution is -2.49. The lowest BCUT2D eigenvalue weighted by molar-refractivity contribution is 0.166. The van der Waals surface area contributed by atoms with Gasteiger partial charge in [0.05, 0.1) is 11.7 Å². The quantitative estimate of drug-likeness (QED) is 0.383. The summed E-state index contributed by atoms with van der Waals surface area (Å²) >= 11 is -2.32. The van der Waals surface area contributed by atoms with Gasteiger partial charge in [-0.2, -0.15) is 4.98 Å². The summed E-state index contributed by atoms with van der Waals surface area (Å²) in [6.45, 7) is 5.85. The van der Waals surface area contributed by atoms with Crippen LogP contribution in [-0.4, -0.2) is 55.4 Å². The van der Waals surface area contributed by atoms with Gasteiger partial charge in [0.15, 0.2) is 0 Å². The maximum absolute atomic E-state index is 13.0. The van der Waals surface area contributed by atoms with Crippen LogP contribution in [0.2, 0.25) is 0 Å². The number of anilines is 1. The number of nitrogens with one attached hydrogen (secondary N) is 2. The van der Waals surface area contributed by atoms with Crippen LogP contribution in [0.3, 0.4) is 0 Å². The lowest BCUT2D eigenvalue weighted by Gasteiger charge is -2.31. The van der Waals surface area contributed by atoms with Gasteiger partial charge >= 0.3 is 6.03 Å². The molecule has 1 saturated carbocycles. The number of likely N-dealkylation sites (tertiary alicyclic amines) is 1. The van der Waals surface area contributed by atoms with E-state index in [0.29, 0.717) is 17.5 Å². The molecule has 1 aromatic carbocycles. The molecular weight excluding hydrogens is 490 g/mol. The molecule has 9 nitrogen and oxygen atoms in total. The first-order valence-electron chi connectivity index (χ1n) is 13.4. The SMILES string of the molecule is Cc1cccc(C)c1-c1cc(OC[C@@H](CC2CCCCC2)NC(=O)N2CCCCC2)nc(NS(=O)O)n1. The number of carbonyl (C=O) groups is 1. The zero-order valence-corrected chi connectivity index (χ0v) is 22.7. The van der Waals surface area contributed by atoms with Crippen molar-refractivity contribution in [2.24, 2.45) is 5.92 Å². The van der Waals surface area contributed by atoms with Crippen molar-refractivity contribution in [2.75, 3.05) is 24.4 Å². The maximum atomic E-state index is 13.0. The van der Waals surface area contributed by atoms with Gasteiger partial charge in [-0.15, -0.1) is 0 Å². The molecule has 1 aliphatic heterocycles. The summed E-state index contributed by atoms with van der Waals surface area (Å²) in [6, 6.07) is 7.55. The van der Waals surface area contributed by atoms with E-state index in [1.54, 1.807) is 6.07 Å². The summed E-state index contributed by atoms with van der Waals surface area (Å²) in [5, 5.41) is 3.23. The number of hydrogen-bond donors (Lipinski definition) is 3. The molecule has 1 unspecified atom stereocenters. The zero-order chi connectivity index (χ0) is 26.2. The number of benzene rings is 1. The van der Waals surface area contributed by atoms with Crippen LogP contribution in [0.4, 0.5) is 10.7 Å². The van der Waals surface area contributed by atoms with E-state index in [2.05, 4.69) is 20.0 Å². The highest BCUT2D eigenvalue weighted by molar-refractivity contribution is 7.80. The predicted molar refractivity (Wildman–Crippen MR) is 146 cm³/mol. The summed E-state index contributed by atoms with van der Waals surface area (Å²) < 4.78 is 29.4. The van der Waals surface area contributed by atoms with Crippen LogP contribution in [0.1, 0.15) is 68.9 Å². The number of rotatable bonds is 9. The number of carbonyl (C=O) groups excluding carboxylic acids is 1. The Morgan fingerprint density at radius 2 is 1.78 bits per heavy atom. The number of aryl methyl sites for hydroxylation is 2. The molecule has 4 rings (SSSR count). The van der Waals surface area contributed by atoms with E-state index in [9.17, 15) is 13.6 Å². The average Bonchev–Trinajstić information content (AvgIpc) is 2.88. The monoisotopic (exact) mass is 529 g/mol. The predicted octanol–water partition coefficient (Wildman–Crippen LogP) is 5.22. The van der Waals surface area contributed by atoms with Gasteiger partial charge in [-0.1, -0.05) is 50.3 Å². The Morgan fingerprint density at radius 3 is 2.46 bits per heavy atom. The molecule has 2 heterocycles. The minimum Gasteiger partial charge on any atom is -0.475 e. The van der Waals surface area contributed by atoms with E-state index in [0.717, 1.165) is 49.0 Å². The Morgan fingerprint density at radius 1 is 1.11 bits per heavy atom. The number of urea groups is 1. The molecule has 0 spiro atoms. The van der Waals surface area contributed by atoms with E-state index >= 15 is 0 Å². The van der Waals surface area contributed by atoms with Gasteiger partial charge in [0.25, 0.3) is 11.3 Å². The number of hydrogen-bond acceptors (Lipinski definition) is 5. The number of amides is 2. The summed E-state index contributed by atoms with van der Waals surface area (Å²) in [5.41, 5.74) is 3.60. The number of aromatic nitrogens is 2. The van der Waals surface area contributed by atoms with Gasteiger partial charge in [-0.3, -0.25) is 4.55 Å². The molecule has 0 bridgehead atoms. The second-order valence-corrected chi connectivity index (χ2v) is 11.0. The first-order valence-corrected chi connectivity index (χ1v) is 14.5. The standard InChI is InChI=1S/C27H39N5O4S/c1-19-10-9-11-20(2)25(19)23-17-24(30-26(29-23)31-37(34)35)36-18-22(16-21-12-5-3-6-13-21)28-27(33)32-14-7-4-8-15-32/h9-11,17,21-22H,3-8,12-16,18H2,1-2H3,(H,28,33)(H,34,35)(H,29,30,31)/t22-/m1/s1. The molecule has 10 heteroatoms. The van der Waals surface area contributed by atoms with Crippen LogP contribution in [-0.2, 0) is 11.3 Å². The van der Waals surface area contributed by atoms with E-state index in [1.807, 2.05) is 36.9 Å². The van der Waals surface area contributed by atoms with Gasteiger partial charge in [0.1, 0.15) is 6.61 Å². The molecule has 1 aromatic heterocycles. The smallest absolute Gasteiger partial charge is 0.317 e. The average molecular weight is 530 g/mol. The van der Waals surface area contributed by atoms with Gasteiger partial charge in [0, 0.05) is 24.7 Å². The second-order valence-electron chi connectivity index (χ2n) is 10.3. The van der Waals surface area contributed by atoms with Gasteiger partial charge < -0.3 is 15.0 Å². The fourth-order valence-electron chi connectivity index (χ4n) is 5.51. The largest absolute Gasteiger partial charge is 0.475 e. The minimum atomic E-state index is -2.32. The first-order chi connectivity index (χ1) is 17.9. The summed E-state index contributed by atoms with van der Waals surface area (Å²) in [5.74, 6) is 0.868. The zero-order valence-electron chi connectivity index (χ0n) is 21.9. The molecule has 2 atom stereocenters. The highest BCUT2D eigenvalue weighted by Gasteiger charge is 2.24. The van der Waals surface area contributed by atoms with Crippen molar-refractivity contribution in [1.29, 1.82) is 0 Å². The van der Waals surface area contributed by atoms with E-state index in [-0.39, 0.29) is 24.6 Å². The molecule has 2 fully saturated rings. The molecule has 1 saturated heterocycles. The molecule has 0 radical (unpaired) electrons. The molecule has 37 heavy (non-hydrogen) atoms. The molecule has 1 aliphatic carbocycles. The third-order valence-corrected chi connectivity index (χ3v) is 7.72. The van der Waals surface area contributed by atoms with Crippen molar-refractivity contribution in [3.63, 3.8) is 0 Å². The Labute approximate surface area is 222 Å². The summed E-state index contributed by atoms with van der Waals surface area (Å²) in [7, 11) is 0. The van der Waals surface area contributed by atoms with Crippen LogP contribution in [0, 0.1) is 19.8 Å². The number of ether oxygens (including phenoxy) is 1. The van der Waals surface area contributed by atoms with Crippen molar-refractivity contribution in [1.82, 2.24) is 20.2 Å². The van der Waals surface area contributed by atoms with Crippen molar-refractivity contribution in [2.45, 2.75) is 77.7 Å². The Kier molecular flexibility index (Phi) is 9.74. The van der Waals surface area contributed by atoms with Crippen LogP contribution >= 0.6 is 0 Å². The van der Waals surface area contributed by atoms with Crippen molar-refractivity contribution in [3.8, 4) is 17.1 Å². The normalized spacial score (nSPS) is 18.2. The molecule has 202 valence electrons. The fourth-order valence-corrected chi connectivity index (χ4v) is 5.76. The highest BCUT2D eigenvalue weighted by Crippen LogP contribution is 2.30. The Balaban J connectivity index is 1.53. The van der Waals surface area contributed by atoms with Crippen molar-refractivity contribution in [3.05, 3.63) is 35.4 Å². The van der Waals surface area contributed by atoms with Gasteiger partial charge in [-0.05, 0) is 56.6 Å². The van der Waals surface area contributed by atoms with Gasteiger partial charge in [-0.25, -0.2) is 18.7 Å².